The van der Waals surface area contributed by atoms with Crippen LogP contribution in [0.15, 0.2) is 18.2 Å². The fourth-order valence-electron chi connectivity index (χ4n) is 2.87. The molecule has 1 atom stereocenters. The van der Waals surface area contributed by atoms with E-state index in [4.69, 9.17) is 15.6 Å². The minimum absolute atomic E-state index is 0.265. The number of benzene rings is 1. The fourth-order valence-corrected chi connectivity index (χ4v) is 2.87. The van der Waals surface area contributed by atoms with Gasteiger partial charge in [-0.25, -0.2) is 0 Å². The topological polar surface area (TPSA) is 58.7 Å². The molecule has 1 unspecified atom stereocenters. The minimum atomic E-state index is 0.265. The lowest BCUT2D eigenvalue weighted by atomic mass is 9.98. The molecule has 1 fully saturated rings. The van der Waals surface area contributed by atoms with Gasteiger partial charge in [0.2, 0.25) is 0 Å². The van der Waals surface area contributed by atoms with Gasteiger partial charge in [0.15, 0.2) is 0 Å². The second kappa shape index (κ2) is 6.78. The maximum absolute atomic E-state index is 9.16. The Labute approximate surface area is 115 Å². The van der Waals surface area contributed by atoms with Crippen LogP contribution < -0.4 is 10.5 Å². The zero-order valence-corrected chi connectivity index (χ0v) is 11.6. The van der Waals surface area contributed by atoms with E-state index >= 15 is 0 Å². The van der Waals surface area contributed by atoms with Crippen molar-refractivity contribution in [2.75, 3.05) is 26.0 Å². The summed E-state index contributed by atoms with van der Waals surface area (Å²) in [7, 11) is 1.66. The number of rotatable bonds is 5. The van der Waals surface area contributed by atoms with Crippen LogP contribution >= 0.6 is 0 Å². The van der Waals surface area contributed by atoms with E-state index in [1.54, 1.807) is 7.11 Å². The lowest BCUT2D eigenvalue weighted by Gasteiger charge is -2.35. The average Bonchev–Trinajstić information content (AvgIpc) is 2.40. The van der Waals surface area contributed by atoms with E-state index in [0.29, 0.717) is 6.04 Å². The molecular weight excluding hydrogens is 240 g/mol. The molecular formula is C15H24N2O2. The Kier molecular flexibility index (Phi) is 5.05. The highest BCUT2D eigenvalue weighted by molar-refractivity contribution is 5.47. The van der Waals surface area contributed by atoms with Crippen LogP contribution in [-0.2, 0) is 6.54 Å². The second-order valence-corrected chi connectivity index (χ2v) is 5.25. The van der Waals surface area contributed by atoms with E-state index < -0.39 is 0 Å². The van der Waals surface area contributed by atoms with Gasteiger partial charge in [0, 0.05) is 30.9 Å². The Hall–Kier alpha value is -1.26. The lowest BCUT2D eigenvalue weighted by molar-refractivity contribution is 0.112. The summed E-state index contributed by atoms with van der Waals surface area (Å²) in [6.45, 7) is 2.25. The molecule has 0 spiro atoms. The number of likely N-dealkylation sites (tertiary alicyclic amines) is 1. The molecule has 1 aromatic carbocycles. The van der Waals surface area contributed by atoms with Crippen molar-refractivity contribution in [1.82, 2.24) is 4.90 Å². The van der Waals surface area contributed by atoms with Crippen LogP contribution in [0.25, 0.3) is 0 Å². The third kappa shape index (κ3) is 3.85. The van der Waals surface area contributed by atoms with E-state index in [1.165, 1.54) is 24.8 Å². The first-order chi connectivity index (χ1) is 9.22. The molecule has 4 nitrogen and oxygen atoms in total. The standard InChI is InChI=1S/C15H24N2O2/c1-19-15-9-12(8-13(16)10-15)11-17-6-3-2-4-14(17)5-7-18/h8-10,14,18H,2-7,11,16H2,1H3. The number of aliphatic hydroxyl groups excluding tert-OH is 1. The van der Waals surface area contributed by atoms with E-state index in [-0.39, 0.29) is 6.61 Å². The molecule has 0 amide bonds. The van der Waals surface area contributed by atoms with Crippen LogP contribution in [0.4, 0.5) is 5.69 Å². The molecule has 1 aromatic rings. The largest absolute Gasteiger partial charge is 0.497 e. The second-order valence-electron chi connectivity index (χ2n) is 5.25. The third-order valence-electron chi connectivity index (χ3n) is 3.82. The molecule has 0 saturated carbocycles. The fraction of sp³-hybridized carbons (Fsp3) is 0.600. The number of nitrogen functional groups attached to an aromatic ring is 1. The van der Waals surface area contributed by atoms with Gasteiger partial charge in [-0.3, -0.25) is 4.90 Å². The highest BCUT2D eigenvalue weighted by Gasteiger charge is 2.22. The number of methoxy groups -OCH3 is 1. The van der Waals surface area contributed by atoms with Gasteiger partial charge in [0.05, 0.1) is 7.11 Å². The molecule has 106 valence electrons. The number of hydrogen-bond acceptors (Lipinski definition) is 4. The van der Waals surface area contributed by atoms with Crippen LogP contribution in [0, 0.1) is 0 Å². The molecule has 1 aliphatic rings. The van der Waals surface area contributed by atoms with E-state index in [2.05, 4.69) is 4.90 Å². The number of piperidine rings is 1. The zero-order valence-electron chi connectivity index (χ0n) is 11.6. The van der Waals surface area contributed by atoms with E-state index in [9.17, 15) is 0 Å². The first kappa shape index (κ1) is 14.2. The molecule has 1 heterocycles. The predicted octanol–water partition coefficient (Wildman–Crippen LogP) is 2.01. The Bertz CT molecular complexity index is 407. The normalized spacial score (nSPS) is 20.4. The SMILES string of the molecule is COc1cc(N)cc(CN2CCCCC2CCO)c1. The van der Waals surface area contributed by atoms with Crippen molar-refractivity contribution >= 4 is 5.69 Å². The van der Waals surface area contributed by atoms with E-state index in [1.807, 2.05) is 18.2 Å². The van der Waals surface area contributed by atoms with Crippen molar-refractivity contribution in [2.24, 2.45) is 0 Å². The molecule has 1 aliphatic heterocycles. The van der Waals surface area contributed by atoms with Crippen LogP contribution in [0.5, 0.6) is 5.75 Å². The predicted molar refractivity (Wildman–Crippen MR) is 77.2 cm³/mol. The molecule has 1 saturated heterocycles. The van der Waals surface area contributed by atoms with Crippen molar-refractivity contribution in [3.05, 3.63) is 23.8 Å². The van der Waals surface area contributed by atoms with Crippen molar-refractivity contribution in [2.45, 2.75) is 38.3 Å². The zero-order chi connectivity index (χ0) is 13.7. The summed E-state index contributed by atoms with van der Waals surface area (Å²) in [5.74, 6) is 0.811. The highest BCUT2D eigenvalue weighted by Crippen LogP contribution is 2.24. The van der Waals surface area contributed by atoms with Crippen molar-refractivity contribution in [1.29, 1.82) is 0 Å². The Morgan fingerprint density at radius 3 is 2.95 bits per heavy atom. The summed E-state index contributed by atoms with van der Waals surface area (Å²) in [5, 5.41) is 9.16. The maximum Gasteiger partial charge on any atom is 0.121 e. The number of nitrogens with zero attached hydrogens (tertiary/aromatic N) is 1. The van der Waals surface area contributed by atoms with Gasteiger partial charge in [-0.1, -0.05) is 6.42 Å². The monoisotopic (exact) mass is 264 g/mol. The Morgan fingerprint density at radius 2 is 2.21 bits per heavy atom. The number of hydrogen-bond donors (Lipinski definition) is 2. The third-order valence-corrected chi connectivity index (χ3v) is 3.82. The van der Waals surface area contributed by atoms with Crippen molar-refractivity contribution < 1.29 is 9.84 Å². The molecule has 3 N–H and O–H groups in total. The van der Waals surface area contributed by atoms with Gasteiger partial charge in [-0.2, -0.15) is 0 Å². The summed E-state index contributed by atoms with van der Waals surface area (Å²) >= 11 is 0. The smallest absolute Gasteiger partial charge is 0.121 e. The van der Waals surface area contributed by atoms with Crippen LogP contribution in [-0.4, -0.2) is 36.3 Å². The van der Waals surface area contributed by atoms with Gasteiger partial charge < -0.3 is 15.6 Å². The molecule has 2 rings (SSSR count). The van der Waals surface area contributed by atoms with Crippen LogP contribution in [0.3, 0.4) is 0 Å². The quantitative estimate of drug-likeness (QED) is 0.799. The first-order valence-corrected chi connectivity index (χ1v) is 7.01. The highest BCUT2D eigenvalue weighted by atomic mass is 16.5. The Balaban J connectivity index is 2.07. The first-order valence-electron chi connectivity index (χ1n) is 7.01. The number of aliphatic hydroxyl groups is 1. The molecule has 0 aromatic heterocycles. The summed E-state index contributed by atoms with van der Waals surface area (Å²) in [5.41, 5.74) is 7.82. The summed E-state index contributed by atoms with van der Waals surface area (Å²) in [6.07, 6.45) is 4.54. The van der Waals surface area contributed by atoms with Gasteiger partial charge >= 0.3 is 0 Å². The molecule has 0 radical (unpaired) electrons. The molecule has 0 aliphatic carbocycles. The summed E-state index contributed by atoms with van der Waals surface area (Å²) < 4.78 is 5.26. The minimum Gasteiger partial charge on any atom is -0.497 e. The van der Waals surface area contributed by atoms with Crippen LogP contribution in [0.1, 0.15) is 31.2 Å². The van der Waals surface area contributed by atoms with Crippen molar-refractivity contribution in [3.63, 3.8) is 0 Å². The van der Waals surface area contributed by atoms with Gasteiger partial charge in [0.25, 0.3) is 0 Å². The van der Waals surface area contributed by atoms with Crippen molar-refractivity contribution in [3.8, 4) is 5.75 Å². The number of ether oxygens (including phenoxy) is 1. The lowest BCUT2D eigenvalue weighted by Crippen LogP contribution is -2.39. The summed E-state index contributed by atoms with van der Waals surface area (Å²) in [4.78, 5) is 2.45. The molecule has 0 bridgehead atoms. The summed E-state index contributed by atoms with van der Waals surface area (Å²) in [6, 6.07) is 6.38. The number of nitrogens with two attached hydrogens (primary N) is 1. The maximum atomic E-state index is 9.16. The van der Waals surface area contributed by atoms with Gasteiger partial charge in [-0.15, -0.1) is 0 Å². The molecule has 19 heavy (non-hydrogen) atoms. The average molecular weight is 264 g/mol. The van der Waals surface area contributed by atoms with Gasteiger partial charge in [0.1, 0.15) is 5.75 Å². The van der Waals surface area contributed by atoms with Crippen LogP contribution in [0.2, 0.25) is 0 Å². The molecule has 4 heteroatoms. The van der Waals surface area contributed by atoms with E-state index in [0.717, 1.165) is 30.9 Å². The number of anilines is 1. The van der Waals surface area contributed by atoms with Gasteiger partial charge in [-0.05, 0) is 43.5 Å². The Morgan fingerprint density at radius 1 is 1.37 bits per heavy atom.